The van der Waals surface area contributed by atoms with E-state index in [9.17, 15) is 9.90 Å². The van der Waals surface area contributed by atoms with E-state index in [4.69, 9.17) is 11.6 Å². The topological polar surface area (TPSA) is 52.9 Å². The molecular formula is C19H17ClN2O2S. The van der Waals surface area contributed by atoms with Crippen molar-refractivity contribution in [3.8, 4) is 5.75 Å². The SMILES string of the molecule is CCC/N=C1\S/C(=C\c2ccc(O)c(Cl)c2)C(=O)N1c1ccccc1. The van der Waals surface area contributed by atoms with E-state index in [0.29, 0.717) is 16.6 Å². The lowest BCUT2D eigenvalue weighted by Crippen LogP contribution is -2.28. The van der Waals surface area contributed by atoms with Gasteiger partial charge in [0, 0.05) is 6.54 Å². The Morgan fingerprint density at radius 3 is 2.68 bits per heavy atom. The van der Waals surface area contributed by atoms with Gasteiger partial charge in [-0.25, -0.2) is 0 Å². The van der Waals surface area contributed by atoms with Crippen molar-refractivity contribution in [3.05, 3.63) is 64.0 Å². The molecule has 2 aromatic carbocycles. The molecule has 0 aromatic heterocycles. The third-order valence-corrected chi connectivity index (χ3v) is 4.87. The van der Waals surface area contributed by atoms with Gasteiger partial charge in [0.25, 0.3) is 5.91 Å². The van der Waals surface area contributed by atoms with Gasteiger partial charge in [-0.3, -0.25) is 14.7 Å². The predicted molar refractivity (Wildman–Crippen MR) is 105 cm³/mol. The number of aromatic hydroxyl groups is 1. The predicted octanol–water partition coefficient (Wildman–Crippen LogP) is 4.93. The van der Waals surface area contributed by atoms with Crippen LogP contribution in [-0.2, 0) is 4.79 Å². The van der Waals surface area contributed by atoms with Crippen LogP contribution in [0.5, 0.6) is 5.75 Å². The van der Waals surface area contributed by atoms with E-state index in [1.54, 1.807) is 23.1 Å². The summed E-state index contributed by atoms with van der Waals surface area (Å²) in [4.78, 5) is 19.7. The standard InChI is InChI=1S/C19H17ClN2O2S/c1-2-10-21-19-22(14-6-4-3-5-7-14)18(24)17(25-19)12-13-8-9-16(23)15(20)11-13/h3-9,11-12,23H,2,10H2,1H3/b17-12-,21-19-. The second kappa shape index (κ2) is 7.76. The summed E-state index contributed by atoms with van der Waals surface area (Å²) in [6.07, 6.45) is 2.68. The smallest absolute Gasteiger partial charge is 0.271 e. The number of phenolic OH excluding ortho intramolecular Hbond substituents is 1. The third kappa shape index (κ3) is 3.89. The molecule has 0 radical (unpaired) electrons. The Morgan fingerprint density at radius 1 is 1.24 bits per heavy atom. The molecule has 25 heavy (non-hydrogen) atoms. The molecule has 1 aliphatic heterocycles. The van der Waals surface area contributed by atoms with Crippen molar-refractivity contribution >= 4 is 46.2 Å². The first-order valence-corrected chi connectivity index (χ1v) is 9.11. The Labute approximate surface area is 155 Å². The summed E-state index contributed by atoms with van der Waals surface area (Å²) in [5.74, 6) is -0.0967. The first-order chi connectivity index (χ1) is 12.1. The van der Waals surface area contributed by atoms with Crippen LogP contribution in [0.2, 0.25) is 5.02 Å². The molecule has 2 aromatic rings. The van der Waals surface area contributed by atoms with E-state index in [0.717, 1.165) is 17.7 Å². The fourth-order valence-electron chi connectivity index (χ4n) is 2.36. The molecule has 0 spiro atoms. The van der Waals surface area contributed by atoms with Crippen LogP contribution in [0.25, 0.3) is 6.08 Å². The van der Waals surface area contributed by atoms with Crippen LogP contribution in [-0.4, -0.2) is 22.7 Å². The van der Waals surface area contributed by atoms with Gasteiger partial charge in [0.1, 0.15) is 5.75 Å². The Bertz CT molecular complexity index is 850. The van der Waals surface area contributed by atoms with Crippen molar-refractivity contribution in [3.63, 3.8) is 0 Å². The van der Waals surface area contributed by atoms with Crippen molar-refractivity contribution in [1.82, 2.24) is 0 Å². The zero-order valence-electron chi connectivity index (χ0n) is 13.6. The normalized spacial score (nSPS) is 17.7. The third-order valence-electron chi connectivity index (χ3n) is 3.56. The summed E-state index contributed by atoms with van der Waals surface area (Å²) in [5.41, 5.74) is 1.55. The van der Waals surface area contributed by atoms with Crippen LogP contribution in [0.3, 0.4) is 0 Å². The zero-order chi connectivity index (χ0) is 17.8. The van der Waals surface area contributed by atoms with Gasteiger partial charge in [-0.05, 0) is 54.1 Å². The highest BCUT2D eigenvalue weighted by Crippen LogP contribution is 2.36. The highest BCUT2D eigenvalue weighted by molar-refractivity contribution is 8.19. The maximum Gasteiger partial charge on any atom is 0.271 e. The number of amidine groups is 1. The molecule has 0 saturated carbocycles. The summed E-state index contributed by atoms with van der Waals surface area (Å²) in [6.45, 7) is 2.71. The Balaban J connectivity index is 1.98. The van der Waals surface area contributed by atoms with Crippen LogP contribution in [0.4, 0.5) is 5.69 Å². The Morgan fingerprint density at radius 2 is 2.00 bits per heavy atom. The van der Waals surface area contributed by atoms with Crippen molar-refractivity contribution in [2.45, 2.75) is 13.3 Å². The molecule has 1 N–H and O–H groups in total. The molecule has 6 heteroatoms. The monoisotopic (exact) mass is 372 g/mol. The second-order valence-electron chi connectivity index (χ2n) is 5.46. The second-order valence-corrected chi connectivity index (χ2v) is 6.88. The number of rotatable bonds is 4. The van der Waals surface area contributed by atoms with E-state index in [2.05, 4.69) is 4.99 Å². The van der Waals surface area contributed by atoms with Crippen molar-refractivity contribution in [2.24, 2.45) is 4.99 Å². The molecule has 0 atom stereocenters. The lowest BCUT2D eigenvalue weighted by atomic mass is 10.2. The molecule has 1 heterocycles. The van der Waals surface area contributed by atoms with Gasteiger partial charge in [-0.2, -0.15) is 0 Å². The van der Waals surface area contributed by atoms with Crippen LogP contribution in [0.1, 0.15) is 18.9 Å². The molecule has 4 nitrogen and oxygen atoms in total. The summed E-state index contributed by atoms with van der Waals surface area (Å²) < 4.78 is 0. The van der Waals surface area contributed by atoms with Gasteiger partial charge >= 0.3 is 0 Å². The highest BCUT2D eigenvalue weighted by Gasteiger charge is 2.34. The van der Waals surface area contributed by atoms with Crippen LogP contribution in [0, 0.1) is 0 Å². The number of carbonyl (C=O) groups is 1. The number of phenols is 1. The number of thioether (sulfide) groups is 1. The zero-order valence-corrected chi connectivity index (χ0v) is 15.2. The van der Waals surface area contributed by atoms with E-state index < -0.39 is 0 Å². The molecule has 1 aliphatic rings. The quantitative estimate of drug-likeness (QED) is 0.774. The number of benzene rings is 2. The molecule has 0 aliphatic carbocycles. The van der Waals surface area contributed by atoms with Gasteiger partial charge in [-0.1, -0.05) is 42.8 Å². The van der Waals surface area contributed by atoms with E-state index in [1.807, 2.05) is 37.3 Å². The van der Waals surface area contributed by atoms with E-state index >= 15 is 0 Å². The minimum Gasteiger partial charge on any atom is -0.506 e. The van der Waals surface area contributed by atoms with Crippen LogP contribution < -0.4 is 4.90 Å². The average Bonchev–Trinajstić information content (AvgIpc) is 2.92. The summed E-state index contributed by atoms with van der Waals surface area (Å²) in [5, 5.41) is 10.5. The van der Waals surface area contributed by atoms with Crippen molar-refractivity contribution in [1.29, 1.82) is 0 Å². The number of nitrogens with zero attached hydrogens (tertiary/aromatic N) is 2. The molecule has 1 fully saturated rings. The number of anilines is 1. The number of halogens is 1. The number of hydrogen-bond donors (Lipinski definition) is 1. The molecule has 0 unspecified atom stereocenters. The number of amides is 1. The molecule has 0 bridgehead atoms. The van der Waals surface area contributed by atoms with Crippen molar-refractivity contribution < 1.29 is 9.90 Å². The van der Waals surface area contributed by atoms with Crippen molar-refractivity contribution in [2.75, 3.05) is 11.4 Å². The molecule has 3 rings (SSSR count). The molecular weight excluding hydrogens is 356 g/mol. The number of carbonyl (C=O) groups excluding carboxylic acids is 1. The fraction of sp³-hybridized carbons (Fsp3) is 0.158. The number of para-hydroxylation sites is 1. The first kappa shape index (κ1) is 17.6. The van der Waals surface area contributed by atoms with Gasteiger partial charge in [0.05, 0.1) is 15.6 Å². The molecule has 128 valence electrons. The van der Waals surface area contributed by atoms with Gasteiger partial charge < -0.3 is 5.11 Å². The number of hydrogen-bond acceptors (Lipinski definition) is 4. The summed E-state index contributed by atoms with van der Waals surface area (Å²) in [6, 6.07) is 14.3. The minimum atomic E-state index is -0.116. The average molecular weight is 373 g/mol. The van der Waals surface area contributed by atoms with Gasteiger partial charge in [0.15, 0.2) is 5.17 Å². The van der Waals surface area contributed by atoms with Gasteiger partial charge in [-0.15, -0.1) is 0 Å². The summed E-state index contributed by atoms with van der Waals surface area (Å²) >= 11 is 7.30. The highest BCUT2D eigenvalue weighted by atomic mass is 35.5. The minimum absolute atomic E-state index is 0.0188. The van der Waals surface area contributed by atoms with E-state index in [-0.39, 0.29) is 16.7 Å². The lowest BCUT2D eigenvalue weighted by Gasteiger charge is -2.15. The molecule has 1 amide bonds. The Hall–Kier alpha value is -2.24. The largest absolute Gasteiger partial charge is 0.506 e. The van der Waals surface area contributed by atoms with Crippen LogP contribution in [0.15, 0.2) is 58.4 Å². The number of aliphatic imine (C=N–C) groups is 1. The maximum atomic E-state index is 12.9. The lowest BCUT2D eigenvalue weighted by molar-refractivity contribution is -0.113. The fourth-order valence-corrected chi connectivity index (χ4v) is 3.55. The van der Waals surface area contributed by atoms with E-state index in [1.165, 1.54) is 17.8 Å². The Kier molecular flexibility index (Phi) is 5.46. The first-order valence-electron chi connectivity index (χ1n) is 7.92. The molecule has 1 saturated heterocycles. The van der Waals surface area contributed by atoms with Gasteiger partial charge in [0.2, 0.25) is 0 Å². The maximum absolute atomic E-state index is 12.9. The summed E-state index contributed by atoms with van der Waals surface area (Å²) in [7, 11) is 0. The van der Waals surface area contributed by atoms with Crippen LogP contribution >= 0.6 is 23.4 Å².